The fraction of sp³-hybridized carbons (Fsp3) is 0.929. The Balaban J connectivity index is 2.40. The summed E-state index contributed by atoms with van der Waals surface area (Å²) in [4.78, 5) is 14.0. The summed E-state index contributed by atoms with van der Waals surface area (Å²) < 4.78 is 4.92. The van der Waals surface area contributed by atoms with Crippen molar-refractivity contribution in [2.24, 2.45) is 11.7 Å². The molecule has 0 heterocycles. The summed E-state index contributed by atoms with van der Waals surface area (Å²) in [5.74, 6) is 0.596. The highest BCUT2D eigenvalue weighted by molar-refractivity contribution is 5.77. The number of amides is 1. The molecule has 0 saturated heterocycles. The maximum atomic E-state index is 11.8. The Labute approximate surface area is 116 Å². The minimum atomic E-state index is 0.0690. The van der Waals surface area contributed by atoms with Crippen molar-refractivity contribution < 1.29 is 9.53 Å². The van der Waals surface area contributed by atoms with Crippen LogP contribution in [-0.2, 0) is 9.53 Å². The molecular formula is C14H29N3O2. The van der Waals surface area contributed by atoms with Crippen LogP contribution in [-0.4, -0.2) is 57.2 Å². The molecule has 5 heteroatoms. The maximum absolute atomic E-state index is 11.8. The predicted octanol–water partition coefficient (Wildman–Crippen LogP) is 0.588. The van der Waals surface area contributed by atoms with Gasteiger partial charge in [0, 0.05) is 19.7 Å². The predicted molar refractivity (Wildman–Crippen MR) is 76.9 cm³/mol. The van der Waals surface area contributed by atoms with Gasteiger partial charge >= 0.3 is 0 Å². The van der Waals surface area contributed by atoms with E-state index in [0.717, 1.165) is 13.0 Å². The zero-order valence-corrected chi connectivity index (χ0v) is 12.4. The molecular weight excluding hydrogens is 242 g/mol. The first kappa shape index (κ1) is 16.4. The SMILES string of the molecule is COCCNC(=O)CN(C)C1CCCCCC1CN. The van der Waals surface area contributed by atoms with Crippen LogP contribution in [0.1, 0.15) is 32.1 Å². The average Bonchev–Trinajstić information content (AvgIpc) is 2.63. The molecule has 0 aromatic rings. The van der Waals surface area contributed by atoms with Gasteiger partial charge in [0.1, 0.15) is 0 Å². The topological polar surface area (TPSA) is 67.6 Å². The van der Waals surface area contributed by atoms with Crippen molar-refractivity contribution in [1.29, 1.82) is 0 Å². The van der Waals surface area contributed by atoms with Crippen LogP contribution >= 0.6 is 0 Å². The zero-order valence-electron chi connectivity index (χ0n) is 12.4. The van der Waals surface area contributed by atoms with Gasteiger partial charge in [0.15, 0.2) is 0 Å². The summed E-state index contributed by atoms with van der Waals surface area (Å²) in [5, 5.41) is 2.87. The van der Waals surface area contributed by atoms with E-state index < -0.39 is 0 Å². The van der Waals surface area contributed by atoms with Gasteiger partial charge in [-0.3, -0.25) is 9.69 Å². The second kappa shape index (κ2) is 9.28. The highest BCUT2D eigenvalue weighted by atomic mass is 16.5. The van der Waals surface area contributed by atoms with Gasteiger partial charge in [-0.05, 0) is 32.4 Å². The Morgan fingerprint density at radius 1 is 1.37 bits per heavy atom. The molecule has 0 radical (unpaired) electrons. The molecule has 0 spiro atoms. The van der Waals surface area contributed by atoms with E-state index in [1.54, 1.807) is 7.11 Å². The van der Waals surface area contributed by atoms with Crippen LogP contribution in [0.25, 0.3) is 0 Å². The van der Waals surface area contributed by atoms with Crippen molar-refractivity contribution in [3.05, 3.63) is 0 Å². The summed E-state index contributed by atoms with van der Waals surface area (Å²) in [6.07, 6.45) is 6.16. The Morgan fingerprint density at radius 3 is 2.79 bits per heavy atom. The lowest BCUT2D eigenvalue weighted by Gasteiger charge is -2.32. The van der Waals surface area contributed by atoms with Crippen LogP contribution in [0.2, 0.25) is 0 Å². The molecule has 1 amide bonds. The number of carbonyl (C=O) groups is 1. The first-order valence-electron chi connectivity index (χ1n) is 7.35. The first-order valence-corrected chi connectivity index (χ1v) is 7.35. The molecule has 0 bridgehead atoms. The van der Waals surface area contributed by atoms with E-state index >= 15 is 0 Å². The molecule has 1 rings (SSSR count). The van der Waals surface area contributed by atoms with Crippen LogP contribution in [0.4, 0.5) is 0 Å². The first-order chi connectivity index (χ1) is 9.19. The number of ether oxygens (including phenoxy) is 1. The van der Waals surface area contributed by atoms with E-state index in [9.17, 15) is 4.79 Å². The molecule has 1 aliphatic carbocycles. The Kier molecular flexibility index (Phi) is 8.02. The summed E-state index contributed by atoms with van der Waals surface area (Å²) in [7, 11) is 3.67. The molecule has 1 aliphatic rings. The molecule has 1 saturated carbocycles. The quantitative estimate of drug-likeness (QED) is 0.525. The highest BCUT2D eigenvalue weighted by Gasteiger charge is 2.26. The van der Waals surface area contributed by atoms with Gasteiger partial charge in [-0.1, -0.05) is 19.3 Å². The van der Waals surface area contributed by atoms with Gasteiger partial charge < -0.3 is 15.8 Å². The van der Waals surface area contributed by atoms with Crippen molar-refractivity contribution in [3.8, 4) is 0 Å². The fourth-order valence-corrected chi connectivity index (χ4v) is 2.91. The van der Waals surface area contributed by atoms with Crippen LogP contribution in [0.3, 0.4) is 0 Å². The molecule has 0 aliphatic heterocycles. The molecule has 5 nitrogen and oxygen atoms in total. The Morgan fingerprint density at radius 2 is 2.11 bits per heavy atom. The second-order valence-electron chi connectivity index (χ2n) is 5.46. The number of nitrogens with two attached hydrogens (primary N) is 1. The molecule has 0 aromatic carbocycles. The van der Waals surface area contributed by atoms with Crippen LogP contribution < -0.4 is 11.1 Å². The monoisotopic (exact) mass is 271 g/mol. The summed E-state index contributed by atoms with van der Waals surface area (Å²) in [6.45, 7) is 2.31. The van der Waals surface area contributed by atoms with Crippen molar-refractivity contribution in [2.45, 2.75) is 38.1 Å². The normalized spacial score (nSPS) is 24.2. The minimum absolute atomic E-state index is 0.0690. The lowest BCUT2D eigenvalue weighted by molar-refractivity contribution is -0.122. The third kappa shape index (κ3) is 5.89. The zero-order chi connectivity index (χ0) is 14.1. The van der Waals surface area contributed by atoms with E-state index in [-0.39, 0.29) is 5.91 Å². The molecule has 19 heavy (non-hydrogen) atoms. The number of nitrogens with zero attached hydrogens (tertiary/aromatic N) is 1. The number of nitrogens with one attached hydrogen (secondary N) is 1. The number of hydrogen-bond acceptors (Lipinski definition) is 4. The number of rotatable bonds is 7. The summed E-state index contributed by atoms with van der Waals surface area (Å²) >= 11 is 0. The third-order valence-corrected chi connectivity index (χ3v) is 4.01. The Hall–Kier alpha value is -0.650. The number of hydrogen-bond donors (Lipinski definition) is 2. The van der Waals surface area contributed by atoms with E-state index in [0.29, 0.717) is 31.7 Å². The van der Waals surface area contributed by atoms with Crippen LogP contribution in [0.15, 0.2) is 0 Å². The van der Waals surface area contributed by atoms with Crippen molar-refractivity contribution >= 4 is 5.91 Å². The minimum Gasteiger partial charge on any atom is -0.383 e. The van der Waals surface area contributed by atoms with Gasteiger partial charge in [0.05, 0.1) is 13.2 Å². The molecule has 112 valence electrons. The average molecular weight is 271 g/mol. The molecule has 2 atom stereocenters. The Bertz CT molecular complexity index is 261. The summed E-state index contributed by atoms with van der Waals surface area (Å²) in [6, 6.07) is 0.445. The largest absolute Gasteiger partial charge is 0.383 e. The van der Waals surface area contributed by atoms with Crippen molar-refractivity contribution in [1.82, 2.24) is 10.2 Å². The second-order valence-corrected chi connectivity index (χ2v) is 5.46. The summed E-state index contributed by atoms with van der Waals surface area (Å²) in [5.41, 5.74) is 5.89. The van der Waals surface area contributed by atoms with Crippen molar-refractivity contribution in [2.75, 3.05) is 40.4 Å². The molecule has 3 N–H and O–H groups in total. The number of methoxy groups -OCH3 is 1. The van der Waals surface area contributed by atoms with Gasteiger partial charge in [0.2, 0.25) is 5.91 Å². The van der Waals surface area contributed by atoms with E-state index in [1.807, 2.05) is 7.05 Å². The highest BCUT2D eigenvalue weighted by Crippen LogP contribution is 2.25. The van der Waals surface area contributed by atoms with Gasteiger partial charge in [-0.2, -0.15) is 0 Å². The van der Waals surface area contributed by atoms with Crippen LogP contribution in [0, 0.1) is 5.92 Å². The van der Waals surface area contributed by atoms with Gasteiger partial charge in [-0.15, -0.1) is 0 Å². The third-order valence-electron chi connectivity index (χ3n) is 4.01. The van der Waals surface area contributed by atoms with E-state index in [2.05, 4.69) is 10.2 Å². The van der Waals surface area contributed by atoms with Crippen molar-refractivity contribution in [3.63, 3.8) is 0 Å². The fourth-order valence-electron chi connectivity index (χ4n) is 2.91. The lowest BCUT2D eigenvalue weighted by Crippen LogP contribution is -2.45. The molecule has 2 unspecified atom stereocenters. The maximum Gasteiger partial charge on any atom is 0.234 e. The standard InChI is InChI=1S/C14H29N3O2/c1-17(11-14(18)16-8-9-19-2)13-7-5-3-4-6-12(13)10-15/h12-13H,3-11,15H2,1-2H3,(H,16,18). The lowest BCUT2D eigenvalue weighted by atomic mass is 9.94. The molecule has 0 aromatic heterocycles. The number of carbonyl (C=O) groups excluding carboxylic acids is 1. The smallest absolute Gasteiger partial charge is 0.234 e. The van der Waals surface area contributed by atoms with Gasteiger partial charge in [0.25, 0.3) is 0 Å². The van der Waals surface area contributed by atoms with Gasteiger partial charge in [-0.25, -0.2) is 0 Å². The van der Waals surface area contributed by atoms with E-state index in [1.165, 1.54) is 25.7 Å². The number of likely N-dealkylation sites (N-methyl/N-ethyl adjacent to an activating group) is 1. The van der Waals surface area contributed by atoms with E-state index in [4.69, 9.17) is 10.5 Å². The molecule has 1 fully saturated rings. The van der Waals surface area contributed by atoms with Crippen LogP contribution in [0.5, 0.6) is 0 Å².